The summed E-state index contributed by atoms with van der Waals surface area (Å²) in [6, 6.07) is 18.7. The van der Waals surface area contributed by atoms with E-state index in [0.29, 0.717) is 6.61 Å². The zero-order valence-corrected chi connectivity index (χ0v) is 11.4. The topological polar surface area (TPSA) is 33.6 Å². The molecule has 3 heteroatoms. The Bertz CT molecular complexity index is 593. The summed E-state index contributed by atoms with van der Waals surface area (Å²) in [4.78, 5) is 4.32. The van der Waals surface area contributed by atoms with Crippen LogP contribution in [0.1, 0.15) is 11.1 Å². The van der Waals surface area contributed by atoms with Gasteiger partial charge in [0.2, 0.25) is 0 Å². The lowest BCUT2D eigenvalue weighted by Gasteiger charge is -2.08. The summed E-state index contributed by atoms with van der Waals surface area (Å²) < 4.78 is 5.77. The van der Waals surface area contributed by atoms with Crippen LogP contribution >= 0.6 is 0 Å². The van der Waals surface area contributed by atoms with Gasteiger partial charge < -0.3 is 10.1 Å². The lowest BCUT2D eigenvalue weighted by atomic mass is 10.1. The van der Waals surface area contributed by atoms with Gasteiger partial charge in [0, 0.05) is 6.54 Å². The number of aliphatic imine (C=N–C) groups is 1. The standard InChI is InChI=1S/C17H18N2O/c1-2-5-14(6-3-1)11-15-7-4-8-16(12-15)20-13-17-18-9-10-19-17/h1-8,12H,9-11,13H2,(H,18,19). The van der Waals surface area contributed by atoms with Crippen molar-refractivity contribution in [3.63, 3.8) is 0 Å². The van der Waals surface area contributed by atoms with Crippen molar-refractivity contribution in [2.24, 2.45) is 4.99 Å². The van der Waals surface area contributed by atoms with Gasteiger partial charge in [0.25, 0.3) is 0 Å². The number of rotatable bonds is 5. The van der Waals surface area contributed by atoms with Gasteiger partial charge in [-0.25, -0.2) is 0 Å². The number of benzene rings is 2. The molecule has 0 amide bonds. The number of nitrogens with one attached hydrogen (secondary N) is 1. The zero-order valence-electron chi connectivity index (χ0n) is 11.4. The van der Waals surface area contributed by atoms with Gasteiger partial charge in [-0.15, -0.1) is 0 Å². The number of hydrogen-bond donors (Lipinski definition) is 1. The highest BCUT2D eigenvalue weighted by Crippen LogP contribution is 2.16. The minimum Gasteiger partial charge on any atom is -0.486 e. The van der Waals surface area contributed by atoms with E-state index < -0.39 is 0 Å². The van der Waals surface area contributed by atoms with Crippen molar-refractivity contribution in [3.8, 4) is 5.75 Å². The molecule has 0 saturated carbocycles. The third-order valence-electron chi connectivity index (χ3n) is 3.27. The molecule has 0 bridgehead atoms. The Morgan fingerprint density at radius 3 is 2.65 bits per heavy atom. The van der Waals surface area contributed by atoms with Gasteiger partial charge in [0.1, 0.15) is 18.2 Å². The van der Waals surface area contributed by atoms with Crippen LogP contribution in [0.3, 0.4) is 0 Å². The molecule has 0 fully saturated rings. The van der Waals surface area contributed by atoms with Gasteiger partial charge in [-0.1, -0.05) is 42.5 Å². The highest BCUT2D eigenvalue weighted by Gasteiger charge is 2.05. The Hall–Kier alpha value is -2.29. The maximum Gasteiger partial charge on any atom is 0.145 e. The first-order chi connectivity index (χ1) is 9.90. The van der Waals surface area contributed by atoms with E-state index in [0.717, 1.165) is 31.1 Å². The fourth-order valence-corrected chi connectivity index (χ4v) is 2.27. The largest absolute Gasteiger partial charge is 0.486 e. The first-order valence-corrected chi connectivity index (χ1v) is 6.93. The Balaban J connectivity index is 1.63. The van der Waals surface area contributed by atoms with Crippen LogP contribution < -0.4 is 10.1 Å². The first kappa shape index (κ1) is 12.7. The average Bonchev–Trinajstić information content (AvgIpc) is 3.00. The lowest BCUT2D eigenvalue weighted by molar-refractivity contribution is 0.373. The molecule has 2 aromatic carbocycles. The summed E-state index contributed by atoms with van der Waals surface area (Å²) in [6.45, 7) is 2.30. The number of nitrogens with zero attached hydrogens (tertiary/aromatic N) is 1. The lowest BCUT2D eigenvalue weighted by Crippen LogP contribution is -2.24. The second kappa shape index (κ2) is 6.24. The van der Waals surface area contributed by atoms with Crippen LogP contribution in [0.4, 0.5) is 0 Å². The van der Waals surface area contributed by atoms with Crippen molar-refractivity contribution >= 4 is 5.84 Å². The van der Waals surface area contributed by atoms with E-state index in [2.05, 4.69) is 46.7 Å². The summed E-state index contributed by atoms with van der Waals surface area (Å²) in [7, 11) is 0. The molecule has 1 N–H and O–H groups in total. The summed E-state index contributed by atoms with van der Waals surface area (Å²) >= 11 is 0. The monoisotopic (exact) mass is 266 g/mol. The van der Waals surface area contributed by atoms with Gasteiger partial charge in [-0.3, -0.25) is 4.99 Å². The third kappa shape index (κ3) is 3.38. The van der Waals surface area contributed by atoms with Crippen LogP contribution in [0.15, 0.2) is 59.6 Å². The van der Waals surface area contributed by atoms with Crippen LogP contribution in [-0.2, 0) is 6.42 Å². The van der Waals surface area contributed by atoms with Crippen molar-refractivity contribution in [2.45, 2.75) is 6.42 Å². The van der Waals surface area contributed by atoms with Crippen molar-refractivity contribution in [1.82, 2.24) is 5.32 Å². The van der Waals surface area contributed by atoms with Crippen LogP contribution in [0.5, 0.6) is 5.75 Å². The van der Waals surface area contributed by atoms with Crippen molar-refractivity contribution in [2.75, 3.05) is 19.7 Å². The van der Waals surface area contributed by atoms with Gasteiger partial charge in [-0.05, 0) is 29.7 Å². The molecule has 0 aromatic heterocycles. The first-order valence-electron chi connectivity index (χ1n) is 6.93. The van der Waals surface area contributed by atoms with E-state index in [9.17, 15) is 0 Å². The number of hydrogen-bond acceptors (Lipinski definition) is 3. The molecule has 0 radical (unpaired) electrons. The smallest absolute Gasteiger partial charge is 0.145 e. The van der Waals surface area contributed by atoms with Crippen molar-refractivity contribution in [1.29, 1.82) is 0 Å². The maximum atomic E-state index is 5.77. The summed E-state index contributed by atoms with van der Waals surface area (Å²) in [5.74, 6) is 1.84. The predicted octanol–water partition coefficient (Wildman–Crippen LogP) is 2.66. The molecule has 2 aromatic rings. The van der Waals surface area contributed by atoms with E-state index in [1.807, 2.05) is 18.2 Å². The molecule has 1 heterocycles. The maximum absolute atomic E-state index is 5.77. The molecule has 0 saturated heterocycles. The quantitative estimate of drug-likeness (QED) is 0.902. The van der Waals surface area contributed by atoms with Crippen molar-refractivity contribution < 1.29 is 4.74 Å². The molecule has 1 aliphatic rings. The highest BCUT2D eigenvalue weighted by atomic mass is 16.5. The summed E-state index contributed by atoms with van der Waals surface area (Å²) in [6.07, 6.45) is 0.928. The van der Waals surface area contributed by atoms with E-state index in [4.69, 9.17) is 4.74 Å². The van der Waals surface area contributed by atoms with E-state index in [1.54, 1.807) is 0 Å². The fourth-order valence-electron chi connectivity index (χ4n) is 2.27. The fraction of sp³-hybridized carbons (Fsp3) is 0.235. The Labute approximate surface area is 119 Å². The van der Waals surface area contributed by atoms with Crippen LogP contribution in [0.25, 0.3) is 0 Å². The van der Waals surface area contributed by atoms with Gasteiger partial charge >= 0.3 is 0 Å². The molecule has 3 nitrogen and oxygen atoms in total. The molecule has 102 valence electrons. The molecule has 0 atom stereocenters. The molecule has 0 aliphatic carbocycles. The SMILES string of the molecule is c1ccc(Cc2cccc(OCC3=NCCN3)c2)cc1. The molecule has 3 rings (SSSR count). The summed E-state index contributed by atoms with van der Waals surface area (Å²) in [5, 5.41) is 3.21. The molecular formula is C17H18N2O. The minimum atomic E-state index is 0.523. The minimum absolute atomic E-state index is 0.523. The van der Waals surface area contributed by atoms with Crippen LogP contribution in [-0.4, -0.2) is 25.5 Å². The average molecular weight is 266 g/mol. The predicted molar refractivity (Wildman–Crippen MR) is 81.5 cm³/mol. The molecular weight excluding hydrogens is 248 g/mol. The summed E-state index contributed by atoms with van der Waals surface area (Å²) in [5.41, 5.74) is 2.57. The number of ether oxygens (including phenoxy) is 1. The Kier molecular flexibility index (Phi) is 3.97. The van der Waals surface area contributed by atoms with Crippen molar-refractivity contribution in [3.05, 3.63) is 65.7 Å². The molecule has 1 aliphatic heterocycles. The Morgan fingerprint density at radius 2 is 1.85 bits per heavy atom. The second-order valence-corrected chi connectivity index (χ2v) is 4.85. The van der Waals surface area contributed by atoms with E-state index in [1.165, 1.54) is 11.1 Å². The van der Waals surface area contributed by atoms with Crippen LogP contribution in [0.2, 0.25) is 0 Å². The molecule has 0 unspecified atom stereocenters. The highest BCUT2D eigenvalue weighted by molar-refractivity contribution is 5.84. The van der Waals surface area contributed by atoms with Gasteiger partial charge in [0.05, 0.1) is 6.54 Å². The van der Waals surface area contributed by atoms with E-state index in [-0.39, 0.29) is 0 Å². The Morgan fingerprint density at radius 1 is 1.00 bits per heavy atom. The molecule has 20 heavy (non-hydrogen) atoms. The van der Waals surface area contributed by atoms with Crippen LogP contribution in [0, 0.1) is 0 Å². The third-order valence-corrected chi connectivity index (χ3v) is 3.27. The second-order valence-electron chi connectivity index (χ2n) is 4.85. The normalized spacial score (nSPS) is 13.7. The number of amidine groups is 1. The van der Waals surface area contributed by atoms with Gasteiger partial charge in [-0.2, -0.15) is 0 Å². The zero-order chi connectivity index (χ0) is 13.6. The van der Waals surface area contributed by atoms with E-state index >= 15 is 0 Å². The van der Waals surface area contributed by atoms with Gasteiger partial charge in [0.15, 0.2) is 0 Å². The molecule has 0 spiro atoms.